The molecule has 0 amide bonds. The smallest absolute Gasteiger partial charge is 0.338 e. The number of hydrogen-bond donors (Lipinski definition) is 0. The van der Waals surface area contributed by atoms with E-state index in [1.165, 1.54) is 0 Å². The van der Waals surface area contributed by atoms with Crippen LogP contribution in [0.25, 0.3) is 0 Å². The summed E-state index contributed by atoms with van der Waals surface area (Å²) in [6.45, 7) is 4.17. The molecule has 1 aromatic rings. The van der Waals surface area contributed by atoms with Gasteiger partial charge in [-0.1, -0.05) is 30.1 Å². The van der Waals surface area contributed by atoms with Crippen LogP contribution >= 0.6 is 35.0 Å². The predicted molar refractivity (Wildman–Crippen MR) is 74.3 cm³/mol. The molecule has 0 radical (unpaired) electrons. The van der Waals surface area contributed by atoms with Crippen LogP contribution < -0.4 is 0 Å². The fraction of sp³-hybridized carbons (Fsp3) is 0.417. The number of hydrogen-bond acceptors (Lipinski definition) is 3. The lowest BCUT2D eigenvalue weighted by Crippen LogP contribution is -2.08. The Kier molecular flexibility index (Phi) is 6.17. The largest absolute Gasteiger partial charge is 0.462 e. The molecule has 0 saturated carbocycles. The van der Waals surface area contributed by atoms with Gasteiger partial charge in [-0.25, -0.2) is 4.79 Å². The molecule has 0 bridgehead atoms. The summed E-state index contributed by atoms with van der Waals surface area (Å²) in [5, 5.41) is 0.907. The van der Waals surface area contributed by atoms with Gasteiger partial charge in [-0.05, 0) is 30.4 Å². The van der Waals surface area contributed by atoms with Crippen molar-refractivity contribution in [3.8, 4) is 0 Å². The zero-order chi connectivity index (χ0) is 12.8. The van der Waals surface area contributed by atoms with E-state index in [0.717, 1.165) is 11.3 Å². The Morgan fingerprint density at radius 1 is 1.35 bits per heavy atom. The maximum atomic E-state index is 11.8. The fourth-order valence-electron chi connectivity index (χ4n) is 1.34. The van der Waals surface area contributed by atoms with Crippen molar-refractivity contribution in [2.45, 2.75) is 19.6 Å². The SMILES string of the molecule is CCOC(=O)c1ccc(Cl)c(Cl)c1CSCC. The molecule has 1 aromatic carbocycles. The Balaban J connectivity index is 3.10. The maximum Gasteiger partial charge on any atom is 0.338 e. The molecule has 1 rings (SSSR count). The minimum atomic E-state index is -0.349. The van der Waals surface area contributed by atoms with Crippen LogP contribution in [0.5, 0.6) is 0 Å². The highest BCUT2D eigenvalue weighted by Gasteiger charge is 2.17. The van der Waals surface area contributed by atoms with E-state index in [1.807, 2.05) is 6.92 Å². The number of halogens is 2. The Labute approximate surface area is 116 Å². The highest BCUT2D eigenvalue weighted by atomic mass is 35.5. The number of ether oxygens (including phenoxy) is 1. The Bertz CT molecular complexity index is 408. The van der Waals surface area contributed by atoms with Gasteiger partial charge in [0.2, 0.25) is 0 Å². The van der Waals surface area contributed by atoms with Crippen LogP contribution in [0, 0.1) is 0 Å². The summed E-state index contributed by atoms with van der Waals surface area (Å²) in [4.78, 5) is 11.8. The zero-order valence-corrected chi connectivity index (χ0v) is 12.1. The van der Waals surface area contributed by atoms with E-state index in [-0.39, 0.29) is 5.97 Å². The number of thioether (sulfide) groups is 1. The normalized spacial score (nSPS) is 10.4. The quantitative estimate of drug-likeness (QED) is 0.752. The average Bonchev–Trinajstić information content (AvgIpc) is 2.31. The summed E-state index contributed by atoms with van der Waals surface area (Å²) in [6, 6.07) is 3.29. The van der Waals surface area contributed by atoms with Crippen LogP contribution in [-0.2, 0) is 10.5 Å². The van der Waals surface area contributed by atoms with Crippen LogP contribution in [0.3, 0.4) is 0 Å². The first kappa shape index (κ1) is 14.7. The molecule has 0 saturated heterocycles. The van der Waals surface area contributed by atoms with Gasteiger partial charge >= 0.3 is 5.97 Å². The Hall–Kier alpha value is -0.380. The Morgan fingerprint density at radius 3 is 2.65 bits per heavy atom. The molecule has 0 atom stereocenters. The molecule has 5 heteroatoms. The molecular weight excluding hydrogens is 279 g/mol. The van der Waals surface area contributed by atoms with Gasteiger partial charge in [0.25, 0.3) is 0 Å². The van der Waals surface area contributed by atoms with Crippen molar-refractivity contribution in [3.05, 3.63) is 33.3 Å². The summed E-state index contributed by atoms with van der Waals surface area (Å²) < 4.78 is 4.99. The van der Waals surface area contributed by atoms with Gasteiger partial charge in [-0.2, -0.15) is 11.8 Å². The van der Waals surface area contributed by atoms with Crippen LogP contribution in [-0.4, -0.2) is 18.3 Å². The van der Waals surface area contributed by atoms with Crippen molar-refractivity contribution >= 4 is 40.9 Å². The van der Waals surface area contributed by atoms with Crippen molar-refractivity contribution in [2.24, 2.45) is 0 Å². The summed E-state index contributed by atoms with van der Waals surface area (Å²) in [5.74, 6) is 1.26. The van der Waals surface area contributed by atoms with Gasteiger partial charge in [0.1, 0.15) is 0 Å². The van der Waals surface area contributed by atoms with Crippen LogP contribution in [0.15, 0.2) is 12.1 Å². The van der Waals surface area contributed by atoms with Crippen LogP contribution in [0.4, 0.5) is 0 Å². The van der Waals surface area contributed by atoms with Crippen LogP contribution in [0.2, 0.25) is 10.0 Å². The minimum absolute atomic E-state index is 0.347. The lowest BCUT2D eigenvalue weighted by Gasteiger charge is -2.11. The van der Waals surface area contributed by atoms with Crippen molar-refractivity contribution in [1.29, 1.82) is 0 Å². The van der Waals surface area contributed by atoms with E-state index in [9.17, 15) is 4.79 Å². The zero-order valence-electron chi connectivity index (χ0n) is 9.76. The van der Waals surface area contributed by atoms with Gasteiger partial charge in [0.05, 0.1) is 22.2 Å². The number of carbonyl (C=O) groups is 1. The average molecular weight is 293 g/mol. The predicted octanol–water partition coefficient (Wildman–Crippen LogP) is 4.42. The molecule has 0 fully saturated rings. The second-order valence-electron chi connectivity index (χ2n) is 3.25. The van der Waals surface area contributed by atoms with E-state index in [1.54, 1.807) is 30.8 Å². The summed E-state index contributed by atoms with van der Waals surface area (Å²) in [7, 11) is 0. The van der Waals surface area contributed by atoms with Gasteiger partial charge in [-0.15, -0.1) is 0 Å². The minimum Gasteiger partial charge on any atom is -0.462 e. The summed E-state index contributed by atoms with van der Waals surface area (Å²) in [5.41, 5.74) is 1.26. The lowest BCUT2D eigenvalue weighted by atomic mass is 10.1. The third kappa shape index (κ3) is 3.80. The maximum absolute atomic E-state index is 11.8. The molecule has 17 heavy (non-hydrogen) atoms. The summed E-state index contributed by atoms with van der Waals surface area (Å²) >= 11 is 13.8. The number of benzene rings is 1. The van der Waals surface area contributed by atoms with E-state index in [2.05, 4.69) is 0 Å². The molecule has 0 aliphatic rings. The lowest BCUT2D eigenvalue weighted by molar-refractivity contribution is 0.0525. The highest BCUT2D eigenvalue weighted by molar-refractivity contribution is 7.98. The molecular formula is C12H14Cl2O2S. The second-order valence-corrected chi connectivity index (χ2v) is 5.30. The van der Waals surface area contributed by atoms with Crippen molar-refractivity contribution < 1.29 is 9.53 Å². The first-order chi connectivity index (χ1) is 8.11. The molecule has 0 unspecified atom stereocenters. The molecule has 0 aliphatic heterocycles. The van der Waals surface area contributed by atoms with Gasteiger partial charge in [0.15, 0.2) is 0 Å². The van der Waals surface area contributed by atoms with Gasteiger partial charge in [0, 0.05) is 5.75 Å². The molecule has 0 N–H and O–H groups in total. The Morgan fingerprint density at radius 2 is 2.06 bits per heavy atom. The topological polar surface area (TPSA) is 26.3 Å². The molecule has 0 aliphatic carbocycles. The number of carbonyl (C=O) groups excluding carboxylic acids is 1. The third-order valence-electron chi connectivity index (χ3n) is 2.14. The van der Waals surface area contributed by atoms with Gasteiger partial charge in [-0.3, -0.25) is 0 Å². The first-order valence-corrected chi connectivity index (χ1v) is 7.24. The van der Waals surface area contributed by atoms with E-state index in [0.29, 0.717) is 28.0 Å². The molecule has 0 spiro atoms. The second kappa shape index (κ2) is 7.14. The molecule has 2 nitrogen and oxygen atoms in total. The van der Waals surface area contributed by atoms with Crippen molar-refractivity contribution in [1.82, 2.24) is 0 Å². The van der Waals surface area contributed by atoms with E-state index in [4.69, 9.17) is 27.9 Å². The number of esters is 1. The van der Waals surface area contributed by atoms with E-state index >= 15 is 0 Å². The third-order valence-corrected chi connectivity index (χ3v) is 3.89. The monoisotopic (exact) mass is 292 g/mol. The number of rotatable bonds is 5. The summed E-state index contributed by atoms with van der Waals surface area (Å²) in [6.07, 6.45) is 0. The molecule has 0 aromatic heterocycles. The van der Waals surface area contributed by atoms with E-state index < -0.39 is 0 Å². The highest BCUT2D eigenvalue weighted by Crippen LogP contribution is 2.31. The van der Waals surface area contributed by atoms with Crippen molar-refractivity contribution in [3.63, 3.8) is 0 Å². The first-order valence-electron chi connectivity index (χ1n) is 5.33. The van der Waals surface area contributed by atoms with Gasteiger partial charge < -0.3 is 4.74 Å². The molecule has 94 valence electrons. The van der Waals surface area contributed by atoms with Crippen molar-refractivity contribution in [2.75, 3.05) is 12.4 Å². The van der Waals surface area contributed by atoms with Crippen LogP contribution in [0.1, 0.15) is 29.8 Å². The standard InChI is InChI=1S/C12H14Cl2O2S/c1-3-16-12(15)8-5-6-10(13)11(14)9(8)7-17-4-2/h5-6H,3-4,7H2,1-2H3. The molecule has 0 heterocycles. The fourth-order valence-corrected chi connectivity index (χ4v) is 2.53.